The molecule has 0 spiro atoms. The Kier molecular flexibility index (Phi) is 6.11. The van der Waals surface area contributed by atoms with Crippen molar-refractivity contribution in [2.45, 2.75) is 25.5 Å². The number of carbonyl (C=O) groups is 5. The van der Waals surface area contributed by atoms with E-state index in [1.807, 2.05) is 13.0 Å². The number of rotatable bonds is 6. The maximum absolute atomic E-state index is 12.8. The molecule has 2 aromatic rings. The first-order valence-electron chi connectivity index (χ1n) is 9.10. The summed E-state index contributed by atoms with van der Waals surface area (Å²) in [6.07, 6.45) is -0.337. The quantitative estimate of drug-likeness (QED) is 0.619. The van der Waals surface area contributed by atoms with Gasteiger partial charge in [0.1, 0.15) is 5.25 Å². The van der Waals surface area contributed by atoms with E-state index < -0.39 is 34.2 Å². The van der Waals surface area contributed by atoms with Gasteiger partial charge in [0.2, 0.25) is 11.8 Å². The van der Waals surface area contributed by atoms with Crippen LogP contribution in [0.1, 0.15) is 38.3 Å². The van der Waals surface area contributed by atoms with Gasteiger partial charge in [-0.1, -0.05) is 12.1 Å². The van der Waals surface area contributed by atoms with Gasteiger partial charge >= 0.3 is 11.9 Å². The molecule has 0 radical (unpaired) electrons. The van der Waals surface area contributed by atoms with Gasteiger partial charge in [0.25, 0.3) is 5.24 Å². The number of nitrogens with one attached hydrogen (secondary N) is 1. The molecule has 160 valence electrons. The molecule has 3 amide bonds. The molecule has 1 unspecified atom stereocenters. The summed E-state index contributed by atoms with van der Waals surface area (Å²) < 4.78 is 0. The third kappa shape index (κ3) is 4.75. The van der Waals surface area contributed by atoms with E-state index in [0.717, 1.165) is 46.0 Å². The first kappa shape index (κ1) is 22.0. The molecule has 0 aliphatic carbocycles. The zero-order valence-corrected chi connectivity index (χ0v) is 17.4. The van der Waals surface area contributed by atoms with E-state index in [0.29, 0.717) is 5.69 Å². The van der Waals surface area contributed by atoms with Crippen LogP contribution in [-0.2, 0) is 9.59 Å². The van der Waals surface area contributed by atoms with Crippen molar-refractivity contribution < 1.29 is 34.2 Å². The molecule has 0 saturated carbocycles. The van der Waals surface area contributed by atoms with Crippen LogP contribution in [0, 0.1) is 13.8 Å². The average Bonchev–Trinajstić information content (AvgIpc) is 2.96. The first-order valence-corrected chi connectivity index (χ1v) is 9.98. The zero-order chi connectivity index (χ0) is 22.9. The smallest absolute Gasteiger partial charge is 0.335 e. The Morgan fingerprint density at radius 3 is 2.19 bits per heavy atom. The highest BCUT2D eigenvalue weighted by Crippen LogP contribution is 2.35. The first-order chi connectivity index (χ1) is 14.6. The van der Waals surface area contributed by atoms with E-state index in [1.165, 1.54) is 0 Å². The SMILES string of the molecule is Cc1ccc(C)c(N2C(=O)SC(CC(=O)Nc3cc(C(=O)O)cc(C(=O)O)c3)C2=O)c1. The second-order valence-corrected chi connectivity index (χ2v) is 8.15. The van der Waals surface area contributed by atoms with Crippen molar-refractivity contribution >= 4 is 52.1 Å². The molecule has 10 heteroatoms. The van der Waals surface area contributed by atoms with Gasteiger partial charge in [-0.2, -0.15) is 0 Å². The fraction of sp³-hybridized carbons (Fsp3) is 0.190. The van der Waals surface area contributed by atoms with Crippen molar-refractivity contribution in [3.8, 4) is 0 Å². The minimum Gasteiger partial charge on any atom is -0.478 e. The highest BCUT2D eigenvalue weighted by atomic mass is 32.2. The van der Waals surface area contributed by atoms with Crippen LogP contribution in [0.4, 0.5) is 16.2 Å². The molecule has 1 aliphatic heterocycles. The van der Waals surface area contributed by atoms with Crippen molar-refractivity contribution in [1.82, 2.24) is 0 Å². The zero-order valence-electron chi connectivity index (χ0n) is 16.5. The molecule has 0 bridgehead atoms. The van der Waals surface area contributed by atoms with Crippen LogP contribution in [0.3, 0.4) is 0 Å². The van der Waals surface area contributed by atoms with E-state index in [9.17, 15) is 24.0 Å². The molecule has 3 N–H and O–H groups in total. The molecular formula is C21H18N2O7S. The Morgan fingerprint density at radius 1 is 1.00 bits per heavy atom. The summed E-state index contributed by atoms with van der Waals surface area (Å²) in [5.41, 5.74) is 1.43. The van der Waals surface area contributed by atoms with Crippen LogP contribution < -0.4 is 10.2 Å². The Hall–Kier alpha value is -3.66. The van der Waals surface area contributed by atoms with E-state index in [4.69, 9.17) is 10.2 Å². The van der Waals surface area contributed by atoms with Gasteiger partial charge in [0.15, 0.2) is 0 Å². The monoisotopic (exact) mass is 442 g/mol. The normalized spacial score (nSPS) is 15.8. The molecule has 0 aromatic heterocycles. The van der Waals surface area contributed by atoms with Crippen LogP contribution in [0.5, 0.6) is 0 Å². The van der Waals surface area contributed by atoms with Crippen LogP contribution in [0.2, 0.25) is 0 Å². The maximum Gasteiger partial charge on any atom is 0.335 e. The van der Waals surface area contributed by atoms with Crippen LogP contribution in [-0.4, -0.2) is 44.5 Å². The van der Waals surface area contributed by atoms with E-state index >= 15 is 0 Å². The Balaban J connectivity index is 1.76. The molecule has 3 rings (SSSR count). The lowest BCUT2D eigenvalue weighted by Crippen LogP contribution is -2.33. The lowest BCUT2D eigenvalue weighted by Gasteiger charge is -2.17. The number of aryl methyl sites for hydroxylation is 2. The van der Waals surface area contributed by atoms with Gasteiger partial charge < -0.3 is 15.5 Å². The van der Waals surface area contributed by atoms with Gasteiger partial charge in [-0.3, -0.25) is 14.4 Å². The number of amides is 3. The number of carbonyl (C=O) groups excluding carboxylic acids is 3. The molecule has 1 aliphatic rings. The summed E-state index contributed by atoms with van der Waals surface area (Å²) in [4.78, 5) is 61.1. The van der Waals surface area contributed by atoms with Crippen molar-refractivity contribution in [3.05, 3.63) is 58.7 Å². The number of hydrogen-bond donors (Lipinski definition) is 3. The minimum absolute atomic E-state index is 0.0320. The second kappa shape index (κ2) is 8.60. The van der Waals surface area contributed by atoms with Crippen LogP contribution >= 0.6 is 11.8 Å². The van der Waals surface area contributed by atoms with E-state index in [1.54, 1.807) is 19.1 Å². The highest BCUT2D eigenvalue weighted by molar-refractivity contribution is 8.15. The number of aromatic carboxylic acids is 2. The van der Waals surface area contributed by atoms with Gasteiger partial charge in [-0.15, -0.1) is 0 Å². The van der Waals surface area contributed by atoms with Gasteiger partial charge in [0.05, 0.1) is 16.8 Å². The number of carboxylic acid groups (broad SMARTS) is 2. The number of thioether (sulfide) groups is 1. The molecular weight excluding hydrogens is 424 g/mol. The fourth-order valence-corrected chi connectivity index (χ4v) is 4.07. The predicted octanol–water partition coefficient (Wildman–Crippen LogP) is 3.30. The summed E-state index contributed by atoms with van der Waals surface area (Å²) in [6.45, 7) is 3.61. The number of benzene rings is 2. The largest absolute Gasteiger partial charge is 0.478 e. The summed E-state index contributed by atoms with van der Waals surface area (Å²) in [5, 5.41) is 19.2. The van der Waals surface area contributed by atoms with Crippen molar-refractivity contribution in [3.63, 3.8) is 0 Å². The summed E-state index contributed by atoms with van der Waals surface area (Å²) >= 11 is 0.735. The second-order valence-electron chi connectivity index (χ2n) is 7.00. The minimum atomic E-state index is -1.35. The highest BCUT2D eigenvalue weighted by Gasteiger charge is 2.42. The molecule has 2 aromatic carbocycles. The van der Waals surface area contributed by atoms with Gasteiger partial charge in [-0.25, -0.2) is 14.5 Å². The third-order valence-electron chi connectivity index (χ3n) is 4.61. The van der Waals surface area contributed by atoms with E-state index in [2.05, 4.69) is 5.32 Å². The number of nitrogens with zero attached hydrogens (tertiary/aromatic N) is 1. The van der Waals surface area contributed by atoms with Crippen molar-refractivity contribution in [2.75, 3.05) is 10.2 Å². The van der Waals surface area contributed by atoms with Crippen LogP contribution in [0.15, 0.2) is 36.4 Å². The number of imide groups is 1. The van der Waals surface area contributed by atoms with Crippen molar-refractivity contribution in [2.24, 2.45) is 0 Å². The maximum atomic E-state index is 12.8. The van der Waals surface area contributed by atoms with Crippen LogP contribution in [0.25, 0.3) is 0 Å². The molecule has 1 saturated heterocycles. The molecule has 1 atom stereocenters. The van der Waals surface area contributed by atoms with Crippen molar-refractivity contribution in [1.29, 1.82) is 0 Å². The summed E-state index contributed by atoms with van der Waals surface area (Å²) in [7, 11) is 0. The number of anilines is 2. The summed E-state index contributed by atoms with van der Waals surface area (Å²) in [5.74, 6) is -3.88. The van der Waals surface area contributed by atoms with E-state index in [-0.39, 0.29) is 23.2 Å². The molecule has 1 fully saturated rings. The Morgan fingerprint density at radius 2 is 1.61 bits per heavy atom. The summed E-state index contributed by atoms with van der Waals surface area (Å²) in [6, 6.07) is 8.58. The number of hydrogen-bond acceptors (Lipinski definition) is 6. The average molecular weight is 442 g/mol. The van der Waals surface area contributed by atoms with Gasteiger partial charge in [0, 0.05) is 12.1 Å². The topological polar surface area (TPSA) is 141 Å². The standard InChI is InChI=1S/C21H18N2O7S/c1-10-3-4-11(2)15(5-10)23-18(25)16(31-21(23)30)9-17(24)22-14-7-12(19(26)27)6-13(8-14)20(28)29/h3-8,16H,9H2,1-2H3,(H,22,24)(H,26,27)(H,28,29). The van der Waals surface area contributed by atoms with Gasteiger partial charge in [-0.05, 0) is 61.0 Å². The number of carboxylic acids is 2. The molecule has 31 heavy (non-hydrogen) atoms. The molecule has 1 heterocycles. The third-order valence-corrected chi connectivity index (χ3v) is 5.65. The predicted molar refractivity (Wildman–Crippen MR) is 114 cm³/mol. The lowest BCUT2D eigenvalue weighted by molar-refractivity contribution is -0.121. The lowest BCUT2D eigenvalue weighted by atomic mass is 10.1. The Bertz CT molecular complexity index is 1100. The Labute approximate surface area is 181 Å². The molecule has 9 nitrogen and oxygen atoms in total. The fourth-order valence-electron chi connectivity index (χ4n) is 3.09.